The first kappa shape index (κ1) is 10.9. The molecule has 1 atom stereocenters. The van der Waals surface area contributed by atoms with Crippen molar-refractivity contribution >= 4 is 5.84 Å². The van der Waals surface area contributed by atoms with Gasteiger partial charge in [0.2, 0.25) is 0 Å². The lowest BCUT2D eigenvalue weighted by Gasteiger charge is -2.21. The van der Waals surface area contributed by atoms with Crippen molar-refractivity contribution in [3.63, 3.8) is 0 Å². The van der Waals surface area contributed by atoms with E-state index in [9.17, 15) is 0 Å². The number of amidine groups is 1. The lowest BCUT2D eigenvalue weighted by Crippen LogP contribution is -2.26. The highest BCUT2D eigenvalue weighted by Gasteiger charge is 2.18. The average molecular weight is 210 g/mol. The predicted molar refractivity (Wildman–Crippen MR) is 62.0 cm³/mol. The summed E-state index contributed by atoms with van der Waals surface area (Å²) in [6, 6.07) is 0. The average Bonchev–Trinajstić information content (AvgIpc) is 2.80. The lowest BCUT2D eigenvalue weighted by molar-refractivity contribution is 0.187. The fourth-order valence-electron chi connectivity index (χ4n) is 2.49. The molecule has 1 unspecified atom stereocenters. The summed E-state index contributed by atoms with van der Waals surface area (Å²) in [5, 5.41) is 0. The molecule has 2 fully saturated rings. The summed E-state index contributed by atoms with van der Waals surface area (Å²) in [7, 11) is 0. The van der Waals surface area contributed by atoms with Crippen molar-refractivity contribution in [3.05, 3.63) is 0 Å². The Labute approximate surface area is 92.1 Å². The Kier molecular flexibility index (Phi) is 4.01. The Morgan fingerprint density at radius 1 is 1.20 bits per heavy atom. The number of rotatable bonds is 3. The van der Waals surface area contributed by atoms with Crippen molar-refractivity contribution < 1.29 is 4.74 Å². The quantitative estimate of drug-likeness (QED) is 0.572. The summed E-state index contributed by atoms with van der Waals surface area (Å²) in [5.74, 6) is 2.09. The summed E-state index contributed by atoms with van der Waals surface area (Å²) >= 11 is 0. The number of hydrogen-bond acceptors (Lipinski definition) is 2. The second-order valence-corrected chi connectivity index (χ2v) is 4.83. The summed E-state index contributed by atoms with van der Waals surface area (Å²) in [5.41, 5.74) is 6.04. The van der Waals surface area contributed by atoms with Crippen LogP contribution in [0.3, 0.4) is 0 Å². The van der Waals surface area contributed by atoms with Gasteiger partial charge in [-0.3, -0.25) is 4.99 Å². The van der Waals surface area contributed by atoms with E-state index in [1.165, 1.54) is 32.1 Å². The first-order chi connectivity index (χ1) is 7.36. The third-order valence-electron chi connectivity index (χ3n) is 3.58. The summed E-state index contributed by atoms with van der Waals surface area (Å²) in [6.07, 6.45) is 7.68. The Balaban J connectivity index is 1.77. The number of hydrogen-bond donors (Lipinski definition) is 1. The molecule has 1 aliphatic heterocycles. The number of ether oxygens (including phenoxy) is 1. The molecule has 2 rings (SSSR count). The van der Waals surface area contributed by atoms with Crippen LogP contribution in [0.2, 0.25) is 0 Å². The molecule has 86 valence electrons. The number of aliphatic imine (C=N–C) groups is 1. The molecule has 1 saturated carbocycles. The molecule has 0 aromatic heterocycles. The molecule has 3 nitrogen and oxygen atoms in total. The van der Waals surface area contributed by atoms with E-state index in [2.05, 4.69) is 4.99 Å². The third kappa shape index (κ3) is 3.20. The van der Waals surface area contributed by atoms with Crippen LogP contribution in [0.4, 0.5) is 0 Å². The van der Waals surface area contributed by atoms with Gasteiger partial charge in [-0.1, -0.05) is 19.3 Å². The molecule has 0 aromatic rings. The van der Waals surface area contributed by atoms with E-state index >= 15 is 0 Å². The van der Waals surface area contributed by atoms with Gasteiger partial charge in [-0.05, 0) is 19.3 Å². The minimum absolute atomic E-state index is 0.570. The number of nitrogens with two attached hydrogens (primary N) is 1. The highest BCUT2D eigenvalue weighted by Crippen LogP contribution is 2.24. The van der Waals surface area contributed by atoms with Gasteiger partial charge in [0.15, 0.2) is 0 Å². The van der Waals surface area contributed by atoms with Gasteiger partial charge in [0.1, 0.15) is 0 Å². The molecule has 3 heteroatoms. The van der Waals surface area contributed by atoms with E-state index < -0.39 is 0 Å². The fraction of sp³-hybridized carbons (Fsp3) is 0.917. The predicted octanol–water partition coefficient (Wildman–Crippen LogP) is 1.96. The van der Waals surface area contributed by atoms with Crippen molar-refractivity contribution in [3.8, 4) is 0 Å². The maximum absolute atomic E-state index is 6.04. The first-order valence-corrected chi connectivity index (χ1v) is 6.24. The molecular weight excluding hydrogens is 188 g/mol. The molecule has 0 amide bonds. The molecule has 2 N–H and O–H groups in total. The fourth-order valence-corrected chi connectivity index (χ4v) is 2.49. The van der Waals surface area contributed by atoms with Crippen LogP contribution in [-0.4, -0.2) is 25.6 Å². The molecule has 0 aromatic carbocycles. The van der Waals surface area contributed by atoms with Crippen LogP contribution in [0.5, 0.6) is 0 Å². The molecule has 1 aliphatic carbocycles. The van der Waals surface area contributed by atoms with E-state index in [1.54, 1.807) is 0 Å². The van der Waals surface area contributed by atoms with Crippen molar-refractivity contribution in [1.82, 2.24) is 0 Å². The summed E-state index contributed by atoms with van der Waals surface area (Å²) in [4.78, 5) is 4.54. The van der Waals surface area contributed by atoms with E-state index in [4.69, 9.17) is 10.5 Å². The topological polar surface area (TPSA) is 47.6 Å². The monoisotopic (exact) mass is 210 g/mol. The van der Waals surface area contributed by atoms with Crippen molar-refractivity contribution in [2.24, 2.45) is 22.6 Å². The molecular formula is C12H22N2O. The molecule has 15 heavy (non-hydrogen) atoms. The molecule has 0 spiro atoms. The van der Waals surface area contributed by atoms with Crippen LogP contribution in [0.15, 0.2) is 4.99 Å². The largest absolute Gasteiger partial charge is 0.387 e. The van der Waals surface area contributed by atoms with Crippen LogP contribution >= 0.6 is 0 Å². The zero-order chi connectivity index (χ0) is 10.5. The highest BCUT2D eigenvalue weighted by molar-refractivity contribution is 5.82. The van der Waals surface area contributed by atoms with Crippen molar-refractivity contribution in [2.75, 3.05) is 19.8 Å². The van der Waals surface area contributed by atoms with Gasteiger partial charge in [-0.2, -0.15) is 0 Å². The maximum atomic E-state index is 6.04. The smallest absolute Gasteiger partial charge is 0.0968 e. The molecule has 1 heterocycles. The third-order valence-corrected chi connectivity index (χ3v) is 3.58. The van der Waals surface area contributed by atoms with Gasteiger partial charge in [-0.25, -0.2) is 0 Å². The Bertz CT molecular complexity index is 216. The summed E-state index contributed by atoms with van der Waals surface area (Å²) < 4.78 is 5.32. The van der Waals surface area contributed by atoms with Gasteiger partial charge < -0.3 is 10.5 Å². The summed E-state index contributed by atoms with van der Waals surface area (Å²) in [6.45, 7) is 2.66. The maximum Gasteiger partial charge on any atom is 0.0968 e. The Morgan fingerprint density at radius 2 is 2.00 bits per heavy atom. The Hall–Kier alpha value is -0.570. The van der Waals surface area contributed by atoms with Crippen molar-refractivity contribution in [1.29, 1.82) is 0 Å². The van der Waals surface area contributed by atoms with Crippen LogP contribution in [0.1, 0.15) is 38.5 Å². The van der Waals surface area contributed by atoms with Gasteiger partial charge >= 0.3 is 0 Å². The minimum Gasteiger partial charge on any atom is -0.387 e. The lowest BCUT2D eigenvalue weighted by atomic mass is 9.88. The van der Waals surface area contributed by atoms with Crippen LogP contribution < -0.4 is 5.73 Å². The second kappa shape index (κ2) is 5.50. The SMILES string of the molecule is NC(=NCC1CCOC1)C1CCCCC1. The van der Waals surface area contributed by atoms with Gasteiger partial charge in [-0.15, -0.1) is 0 Å². The van der Waals surface area contributed by atoms with Crippen molar-refractivity contribution in [2.45, 2.75) is 38.5 Å². The molecule has 0 radical (unpaired) electrons. The van der Waals surface area contributed by atoms with E-state index in [1.807, 2.05) is 0 Å². The first-order valence-electron chi connectivity index (χ1n) is 6.24. The molecule has 0 bridgehead atoms. The number of nitrogens with zero attached hydrogens (tertiary/aromatic N) is 1. The van der Waals surface area contributed by atoms with E-state index in [0.29, 0.717) is 11.8 Å². The highest BCUT2D eigenvalue weighted by atomic mass is 16.5. The van der Waals surface area contributed by atoms with Gasteiger partial charge in [0.25, 0.3) is 0 Å². The van der Waals surface area contributed by atoms with Crippen LogP contribution in [0.25, 0.3) is 0 Å². The zero-order valence-electron chi connectivity index (χ0n) is 9.45. The molecule has 1 saturated heterocycles. The minimum atomic E-state index is 0.570. The molecule has 2 aliphatic rings. The standard InChI is InChI=1S/C12H22N2O/c13-12(11-4-2-1-3-5-11)14-8-10-6-7-15-9-10/h10-11H,1-9H2,(H2,13,14). The van der Waals surface area contributed by atoms with E-state index in [0.717, 1.165) is 32.0 Å². The van der Waals surface area contributed by atoms with Crippen LogP contribution in [0, 0.1) is 11.8 Å². The van der Waals surface area contributed by atoms with Crippen LogP contribution in [-0.2, 0) is 4.74 Å². The normalized spacial score (nSPS) is 29.6. The van der Waals surface area contributed by atoms with Gasteiger partial charge in [0, 0.05) is 25.0 Å². The second-order valence-electron chi connectivity index (χ2n) is 4.83. The zero-order valence-corrected chi connectivity index (χ0v) is 9.45. The van der Waals surface area contributed by atoms with Gasteiger partial charge in [0.05, 0.1) is 12.4 Å². The Morgan fingerprint density at radius 3 is 2.67 bits per heavy atom. The van der Waals surface area contributed by atoms with E-state index in [-0.39, 0.29) is 0 Å².